The molecule has 0 unspecified atom stereocenters. The first-order chi connectivity index (χ1) is 17.5. The first-order valence-corrected chi connectivity index (χ1v) is 12.5. The average molecular weight is 479 g/mol. The monoisotopic (exact) mass is 478 g/mol. The van der Waals surface area contributed by atoms with Crippen LogP contribution in [0.2, 0.25) is 0 Å². The third kappa shape index (κ3) is 4.27. The smallest absolute Gasteiger partial charge is 0.251 e. The van der Waals surface area contributed by atoms with E-state index < -0.39 is 0 Å². The van der Waals surface area contributed by atoms with E-state index in [0.717, 1.165) is 60.3 Å². The number of aryl methyl sites for hydroxylation is 2. The van der Waals surface area contributed by atoms with Crippen molar-refractivity contribution in [2.45, 2.75) is 32.4 Å². The number of hydrogen-bond donors (Lipinski definition) is 2. The van der Waals surface area contributed by atoms with Gasteiger partial charge in [0, 0.05) is 65.8 Å². The van der Waals surface area contributed by atoms with Crippen molar-refractivity contribution in [3.63, 3.8) is 0 Å². The van der Waals surface area contributed by atoms with Crippen LogP contribution in [0.1, 0.15) is 34.6 Å². The maximum absolute atomic E-state index is 13.2. The number of carbonyl (C=O) groups is 1. The van der Waals surface area contributed by atoms with Crippen molar-refractivity contribution in [2.24, 2.45) is 7.05 Å². The highest BCUT2D eigenvalue weighted by Crippen LogP contribution is 2.27. The van der Waals surface area contributed by atoms with E-state index in [1.807, 2.05) is 37.3 Å². The Morgan fingerprint density at radius 2 is 2.03 bits per heavy atom. The Balaban J connectivity index is 1.17. The molecule has 0 spiro atoms. The summed E-state index contributed by atoms with van der Waals surface area (Å²) in [7, 11) is 2.13. The van der Waals surface area contributed by atoms with Gasteiger partial charge in [0.05, 0.1) is 5.52 Å². The molecule has 5 aromatic rings. The van der Waals surface area contributed by atoms with E-state index in [1.54, 1.807) is 6.20 Å². The molecule has 36 heavy (non-hydrogen) atoms. The Morgan fingerprint density at radius 3 is 2.89 bits per heavy atom. The van der Waals surface area contributed by atoms with Gasteiger partial charge < -0.3 is 9.88 Å². The highest BCUT2D eigenvalue weighted by molar-refractivity contribution is 6.01. The lowest BCUT2D eigenvalue weighted by Gasteiger charge is -2.33. The van der Waals surface area contributed by atoms with E-state index in [2.05, 4.69) is 67.3 Å². The molecule has 0 saturated carbocycles. The van der Waals surface area contributed by atoms with E-state index in [4.69, 9.17) is 0 Å². The minimum atomic E-state index is -0.0357. The van der Waals surface area contributed by atoms with Crippen molar-refractivity contribution in [2.75, 3.05) is 13.1 Å². The van der Waals surface area contributed by atoms with Gasteiger partial charge >= 0.3 is 0 Å². The largest absolute Gasteiger partial charge is 0.348 e. The number of fused-ring (bicyclic) bond motifs is 2. The summed E-state index contributed by atoms with van der Waals surface area (Å²) in [6.45, 7) is 4.74. The number of benzene rings is 2. The van der Waals surface area contributed by atoms with E-state index in [0.29, 0.717) is 5.56 Å². The number of rotatable bonds is 5. The van der Waals surface area contributed by atoms with Crippen molar-refractivity contribution in [1.82, 2.24) is 30.0 Å². The summed E-state index contributed by atoms with van der Waals surface area (Å²) >= 11 is 0. The number of carbonyl (C=O) groups excluding carboxylic acids is 1. The summed E-state index contributed by atoms with van der Waals surface area (Å²) in [5, 5.41) is 13.1. The zero-order chi connectivity index (χ0) is 24.6. The molecule has 0 aliphatic carbocycles. The van der Waals surface area contributed by atoms with Gasteiger partial charge in [-0.2, -0.15) is 5.10 Å². The normalized spacial score (nSPS) is 16.6. The minimum absolute atomic E-state index is 0.0357. The van der Waals surface area contributed by atoms with Crippen LogP contribution in [0.4, 0.5) is 0 Å². The number of pyridine rings is 1. The molecule has 4 heterocycles. The Bertz CT molecular complexity index is 1560. The van der Waals surface area contributed by atoms with E-state index in [1.165, 1.54) is 16.6 Å². The number of aromatic amines is 1. The van der Waals surface area contributed by atoms with Gasteiger partial charge in [-0.05, 0) is 74.2 Å². The predicted octanol–water partition coefficient (Wildman–Crippen LogP) is 4.82. The lowest BCUT2D eigenvalue weighted by atomic mass is 10.0. The number of hydrogen-bond acceptors (Lipinski definition) is 4. The fourth-order valence-electron chi connectivity index (χ4n) is 5.38. The summed E-state index contributed by atoms with van der Waals surface area (Å²) < 4.78 is 2.28. The first-order valence-electron chi connectivity index (χ1n) is 12.5. The van der Waals surface area contributed by atoms with Gasteiger partial charge in [0.25, 0.3) is 5.91 Å². The molecular formula is C29H30N6O. The van der Waals surface area contributed by atoms with E-state index >= 15 is 0 Å². The van der Waals surface area contributed by atoms with Gasteiger partial charge in [0.1, 0.15) is 5.69 Å². The predicted molar refractivity (Wildman–Crippen MR) is 143 cm³/mol. The molecule has 1 aliphatic heterocycles. The molecule has 1 aliphatic rings. The van der Waals surface area contributed by atoms with Gasteiger partial charge in [-0.1, -0.05) is 18.2 Å². The number of H-pyrrole nitrogens is 1. The van der Waals surface area contributed by atoms with Crippen LogP contribution in [-0.2, 0) is 13.6 Å². The van der Waals surface area contributed by atoms with Gasteiger partial charge in [-0.3, -0.25) is 19.8 Å². The van der Waals surface area contributed by atoms with Crippen LogP contribution in [-0.4, -0.2) is 49.7 Å². The third-order valence-electron chi connectivity index (χ3n) is 7.27. The van der Waals surface area contributed by atoms with Gasteiger partial charge in [-0.15, -0.1) is 0 Å². The SMILES string of the molecule is Cc1cc(-c2n[nH]c3ccc(C(=O)N[C@@H]4CCCN(Cc5cc6ccccc6n5C)C4)cc23)ccn1. The number of nitrogens with zero attached hydrogens (tertiary/aromatic N) is 4. The lowest BCUT2D eigenvalue weighted by molar-refractivity contribution is 0.0900. The number of piperidine rings is 1. The molecule has 0 radical (unpaired) electrons. The Labute approximate surface area is 210 Å². The molecule has 7 nitrogen and oxygen atoms in total. The Hall–Kier alpha value is -3.97. The number of nitrogens with one attached hydrogen (secondary N) is 2. The summed E-state index contributed by atoms with van der Waals surface area (Å²) in [5.41, 5.74) is 6.88. The number of para-hydroxylation sites is 1. The standard InChI is InChI=1S/C29H30N6O/c1-19-14-21(11-12-30-19)28-25-16-22(9-10-26(25)32-33-28)29(36)31-23-7-5-13-35(17-23)18-24-15-20-6-3-4-8-27(20)34(24)2/h3-4,6,8-12,14-16,23H,5,7,13,17-18H2,1-2H3,(H,31,36)(H,32,33)/t23-/m1/s1. The molecule has 1 amide bonds. The number of likely N-dealkylation sites (tertiary alicyclic amines) is 1. The maximum Gasteiger partial charge on any atom is 0.251 e. The highest BCUT2D eigenvalue weighted by Gasteiger charge is 2.23. The van der Waals surface area contributed by atoms with Crippen LogP contribution in [0.25, 0.3) is 33.1 Å². The van der Waals surface area contributed by atoms with Crippen molar-refractivity contribution < 1.29 is 4.79 Å². The van der Waals surface area contributed by atoms with E-state index in [9.17, 15) is 4.79 Å². The quantitative estimate of drug-likeness (QED) is 0.380. The lowest BCUT2D eigenvalue weighted by Crippen LogP contribution is -2.47. The van der Waals surface area contributed by atoms with E-state index in [-0.39, 0.29) is 11.9 Å². The number of amides is 1. The molecule has 0 bridgehead atoms. The highest BCUT2D eigenvalue weighted by atomic mass is 16.1. The second-order valence-corrected chi connectivity index (χ2v) is 9.82. The summed E-state index contributed by atoms with van der Waals surface area (Å²) in [6, 6.07) is 20.6. The minimum Gasteiger partial charge on any atom is -0.348 e. The van der Waals surface area contributed by atoms with Gasteiger partial charge in [0.15, 0.2) is 0 Å². The number of aromatic nitrogens is 4. The average Bonchev–Trinajstić information content (AvgIpc) is 3.45. The molecule has 2 aromatic carbocycles. The van der Waals surface area contributed by atoms with Crippen LogP contribution in [0.5, 0.6) is 0 Å². The fraction of sp³-hybridized carbons (Fsp3) is 0.276. The summed E-state index contributed by atoms with van der Waals surface area (Å²) in [4.78, 5) is 20.0. The topological polar surface area (TPSA) is 78.8 Å². The van der Waals surface area contributed by atoms with Crippen molar-refractivity contribution in [1.29, 1.82) is 0 Å². The molecule has 2 N–H and O–H groups in total. The van der Waals surface area contributed by atoms with Crippen molar-refractivity contribution in [3.8, 4) is 11.3 Å². The molecule has 1 atom stereocenters. The Morgan fingerprint density at radius 1 is 1.14 bits per heavy atom. The second-order valence-electron chi connectivity index (χ2n) is 9.82. The molecule has 1 saturated heterocycles. The third-order valence-corrected chi connectivity index (χ3v) is 7.27. The van der Waals surface area contributed by atoms with Crippen LogP contribution in [0.15, 0.2) is 66.9 Å². The molecule has 7 heteroatoms. The van der Waals surface area contributed by atoms with Crippen LogP contribution in [0, 0.1) is 6.92 Å². The van der Waals surface area contributed by atoms with Crippen LogP contribution >= 0.6 is 0 Å². The van der Waals surface area contributed by atoms with Crippen LogP contribution in [0.3, 0.4) is 0 Å². The zero-order valence-corrected chi connectivity index (χ0v) is 20.7. The zero-order valence-electron chi connectivity index (χ0n) is 20.7. The Kier molecular flexibility index (Phi) is 5.77. The molecule has 182 valence electrons. The van der Waals surface area contributed by atoms with Gasteiger partial charge in [0.2, 0.25) is 0 Å². The molecule has 6 rings (SSSR count). The van der Waals surface area contributed by atoms with Crippen molar-refractivity contribution >= 4 is 27.7 Å². The fourth-order valence-corrected chi connectivity index (χ4v) is 5.38. The van der Waals surface area contributed by atoms with Gasteiger partial charge in [-0.25, -0.2) is 0 Å². The van der Waals surface area contributed by atoms with Crippen molar-refractivity contribution in [3.05, 3.63) is 83.8 Å². The maximum atomic E-state index is 13.2. The van der Waals surface area contributed by atoms with Crippen LogP contribution < -0.4 is 5.32 Å². The first kappa shape index (κ1) is 22.5. The molecule has 1 fully saturated rings. The molecule has 3 aromatic heterocycles. The summed E-state index contributed by atoms with van der Waals surface area (Å²) in [5.74, 6) is -0.0357. The second kappa shape index (κ2) is 9.24. The summed E-state index contributed by atoms with van der Waals surface area (Å²) in [6.07, 6.45) is 3.85. The molecular weight excluding hydrogens is 448 g/mol.